The maximum absolute atomic E-state index is 12.4. The standard InChI is InChI=1S/C33H42N4O6/c1-7-20-19(6)32(42)37-27(20)14-25-18(5)23(10-12-31(40)41)29(35-25)15-28-22(9-11-30(38)39)17(4)24(34-28)13-26-16(3)21(8-2)33(43)36-26/h13-14,19-20,28,35H,7-12,15H2,1-6H3,(H,36,43)(H,37,42)(H,38,39)(H,40,41)/b26-13+,27-14-. The van der Waals surface area contributed by atoms with Crippen molar-refractivity contribution in [2.24, 2.45) is 16.8 Å². The zero-order chi connectivity index (χ0) is 31.6. The van der Waals surface area contributed by atoms with Gasteiger partial charge in [-0.3, -0.25) is 24.2 Å². The molecular weight excluding hydrogens is 548 g/mol. The molecule has 2 amide bonds. The van der Waals surface area contributed by atoms with Crippen LogP contribution in [0.25, 0.3) is 6.08 Å². The van der Waals surface area contributed by atoms with E-state index < -0.39 is 11.9 Å². The molecule has 1 fully saturated rings. The Hall–Kier alpha value is -4.21. The molecule has 0 spiro atoms. The van der Waals surface area contributed by atoms with Gasteiger partial charge in [-0.25, -0.2) is 0 Å². The first-order chi connectivity index (χ1) is 20.4. The number of nitrogens with one attached hydrogen (secondary N) is 3. The summed E-state index contributed by atoms with van der Waals surface area (Å²) in [4.78, 5) is 56.4. The Labute approximate surface area is 252 Å². The lowest BCUT2D eigenvalue weighted by molar-refractivity contribution is -0.138. The monoisotopic (exact) mass is 590 g/mol. The number of carboxylic acid groups (broad SMARTS) is 2. The summed E-state index contributed by atoms with van der Waals surface area (Å²) in [5.41, 5.74) is 9.13. The van der Waals surface area contributed by atoms with Gasteiger partial charge in [0.15, 0.2) is 0 Å². The summed E-state index contributed by atoms with van der Waals surface area (Å²) in [6, 6.07) is -0.352. The number of allylic oxidation sites excluding steroid dienone is 4. The third-order valence-electron chi connectivity index (χ3n) is 9.10. The van der Waals surface area contributed by atoms with E-state index in [0.29, 0.717) is 37.1 Å². The van der Waals surface area contributed by atoms with Gasteiger partial charge in [0.05, 0.1) is 11.8 Å². The lowest BCUT2D eigenvalue weighted by atomic mass is 9.91. The van der Waals surface area contributed by atoms with Crippen molar-refractivity contribution >= 4 is 35.5 Å². The minimum Gasteiger partial charge on any atom is -0.481 e. The third-order valence-corrected chi connectivity index (χ3v) is 9.10. The number of H-pyrrole nitrogens is 1. The highest BCUT2D eigenvalue weighted by atomic mass is 16.4. The molecular formula is C33H42N4O6. The molecule has 3 unspecified atom stereocenters. The van der Waals surface area contributed by atoms with Crippen LogP contribution in [0.4, 0.5) is 0 Å². The minimum atomic E-state index is -0.898. The minimum absolute atomic E-state index is 0.00569. The zero-order valence-corrected chi connectivity index (χ0v) is 25.8. The molecule has 0 saturated carbocycles. The van der Waals surface area contributed by atoms with Crippen LogP contribution in [0.1, 0.15) is 89.2 Å². The Kier molecular flexibility index (Phi) is 9.57. The van der Waals surface area contributed by atoms with Crippen molar-refractivity contribution in [1.29, 1.82) is 0 Å². The van der Waals surface area contributed by atoms with Crippen molar-refractivity contribution in [2.45, 2.75) is 92.5 Å². The van der Waals surface area contributed by atoms with Gasteiger partial charge in [0.1, 0.15) is 0 Å². The number of hydrogen-bond donors (Lipinski definition) is 5. The first-order valence-electron chi connectivity index (χ1n) is 15.0. The first kappa shape index (κ1) is 31.7. The van der Waals surface area contributed by atoms with E-state index >= 15 is 0 Å². The number of aromatic amines is 1. The number of rotatable bonds is 12. The van der Waals surface area contributed by atoms with Crippen LogP contribution >= 0.6 is 0 Å². The van der Waals surface area contributed by atoms with Crippen molar-refractivity contribution in [3.05, 3.63) is 62.3 Å². The van der Waals surface area contributed by atoms with Gasteiger partial charge in [0, 0.05) is 59.5 Å². The molecule has 3 atom stereocenters. The summed E-state index contributed by atoms with van der Waals surface area (Å²) >= 11 is 0. The molecule has 4 rings (SSSR count). The molecule has 10 nitrogen and oxygen atoms in total. The lowest BCUT2D eigenvalue weighted by Crippen LogP contribution is -2.17. The molecule has 5 N–H and O–H groups in total. The van der Waals surface area contributed by atoms with E-state index in [-0.39, 0.29) is 42.5 Å². The van der Waals surface area contributed by atoms with Gasteiger partial charge in [-0.2, -0.15) is 0 Å². The molecule has 10 heteroatoms. The summed E-state index contributed by atoms with van der Waals surface area (Å²) in [7, 11) is 0. The maximum atomic E-state index is 12.4. The van der Waals surface area contributed by atoms with Crippen molar-refractivity contribution in [3.8, 4) is 0 Å². The van der Waals surface area contributed by atoms with Crippen LogP contribution in [0, 0.1) is 18.8 Å². The normalized spacial score (nSPS) is 24.0. The molecule has 0 aliphatic carbocycles. The van der Waals surface area contributed by atoms with Crippen LogP contribution in [0.3, 0.4) is 0 Å². The second kappa shape index (κ2) is 13.0. The molecule has 4 heterocycles. The number of amides is 2. The highest BCUT2D eigenvalue weighted by molar-refractivity contribution is 6.12. The highest BCUT2D eigenvalue weighted by Gasteiger charge is 2.34. The summed E-state index contributed by atoms with van der Waals surface area (Å²) in [6.45, 7) is 11.7. The fraction of sp³-hybridized carbons (Fsp3) is 0.485. The number of hydrogen-bond acceptors (Lipinski definition) is 5. The quantitative estimate of drug-likeness (QED) is 0.236. The van der Waals surface area contributed by atoms with Gasteiger partial charge in [-0.05, 0) is 86.5 Å². The number of aromatic nitrogens is 1. The fourth-order valence-electron chi connectivity index (χ4n) is 6.47. The summed E-state index contributed by atoms with van der Waals surface area (Å²) in [5.74, 6) is -1.96. The Bertz CT molecular complexity index is 1520. The van der Waals surface area contributed by atoms with Gasteiger partial charge < -0.3 is 25.8 Å². The number of aliphatic carboxylic acids is 2. The van der Waals surface area contributed by atoms with Crippen molar-refractivity contribution in [3.63, 3.8) is 0 Å². The molecule has 1 aromatic rings. The Morgan fingerprint density at radius 3 is 2.23 bits per heavy atom. The average Bonchev–Trinajstić information content (AvgIpc) is 3.59. The molecule has 43 heavy (non-hydrogen) atoms. The number of carbonyl (C=O) groups excluding carboxylic acids is 2. The Balaban J connectivity index is 1.74. The average molecular weight is 591 g/mol. The molecule has 3 aliphatic rings. The summed E-state index contributed by atoms with van der Waals surface area (Å²) in [6.07, 6.45) is 6.26. The lowest BCUT2D eigenvalue weighted by Gasteiger charge is -2.14. The molecule has 230 valence electrons. The molecule has 0 aromatic carbocycles. The van der Waals surface area contributed by atoms with Crippen LogP contribution in [0.15, 0.2) is 44.8 Å². The number of nitrogens with zero attached hydrogens (tertiary/aromatic N) is 1. The van der Waals surface area contributed by atoms with E-state index in [1.165, 1.54) is 0 Å². The molecule has 0 bridgehead atoms. The first-order valence-corrected chi connectivity index (χ1v) is 15.0. The van der Waals surface area contributed by atoms with Crippen LogP contribution in [0.2, 0.25) is 0 Å². The van der Waals surface area contributed by atoms with Gasteiger partial charge >= 0.3 is 11.9 Å². The third kappa shape index (κ3) is 6.58. The second-order valence-electron chi connectivity index (χ2n) is 11.7. The summed E-state index contributed by atoms with van der Waals surface area (Å²) in [5, 5.41) is 24.8. The van der Waals surface area contributed by atoms with E-state index in [1.54, 1.807) is 0 Å². The smallest absolute Gasteiger partial charge is 0.303 e. The van der Waals surface area contributed by atoms with Gasteiger partial charge in [-0.1, -0.05) is 20.8 Å². The van der Waals surface area contributed by atoms with Crippen molar-refractivity contribution in [1.82, 2.24) is 15.6 Å². The van der Waals surface area contributed by atoms with Crippen LogP contribution in [0.5, 0.6) is 0 Å². The van der Waals surface area contributed by atoms with Crippen molar-refractivity contribution < 1.29 is 29.4 Å². The van der Waals surface area contributed by atoms with E-state index in [4.69, 9.17) is 4.99 Å². The zero-order valence-electron chi connectivity index (χ0n) is 25.8. The Morgan fingerprint density at radius 2 is 1.63 bits per heavy atom. The van der Waals surface area contributed by atoms with Gasteiger partial charge in [0.2, 0.25) is 5.91 Å². The van der Waals surface area contributed by atoms with Gasteiger partial charge in [0.25, 0.3) is 5.91 Å². The SMILES string of the molecule is CCC1=C(C)/C(=C\C2=NC(Cc3[nH]c(/C=C4\NC(=O)C(C)C4CC)c(C)c3CCC(=O)O)C(CCC(=O)O)=C2C)NC1=O. The number of carboxylic acids is 2. The molecule has 1 aromatic heterocycles. The second-order valence-corrected chi connectivity index (χ2v) is 11.7. The maximum Gasteiger partial charge on any atom is 0.303 e. The van der Waals surface area contributed by atoms with Crippen LogP contribution in [-0.4, -0.2) is 50.7 Å². The van der Waals surface area contributed by atoms with E-state index in [9.17, 15) is 29.4 Å². The van der Waals surface area contributed by atoms with Gasteiger partial charge in [-0.15, -0.1) is 0 Å². The van der Waals surface area contributed by atoms with E-state index in [1.807, 2.05) is 46.8 Å². The molecule has 0 radical (unpaired) electrons. The number of carbonyl (C=O) groups is 4. The molecule has 1 saturated heterocycles. The van der Waals surface area contributed by atoms with E-state index in [0.717, 1.165) is 56.9 Å². The fourth-order valence-corrected chi connectivity index (χ4v) is 6.47. The Morgan fingerprint density at radius 1 is 0.953 bits per heavy atom. The number of aliphatic imine (C=N–C) groups is 1. The van der Waals surface area contributed by atoms with E-state index in [2.05, 4.69) is 22.5 Å². The van der Waals surface area contributed by atoms with Crippen LogP contribution < -0.4 is 10.6 Å². The largest absolute Gasteiger partial charge is 0.481 e. The van der Waals surface area contributed by atoms with Crippen LogP contribution in [-0.2, 0) is 32.0 Å². The highest BCUT2D eigenvalue weighted by Crippen LogP contribution is 2.35. The van der Waals surface area contributed by atoms with Crippen molar-refractivity contribution in [2.75, 3.05) is 0 Å². The topological polar surface area (TPSA) is 161 Å². The molecule has 3 aliphatic heterocycles. The summed E-state index contributed by atoms with van der Waals surface area (Å²) < 4.78 is 0. The predicted octanol–water partition coefficient (Wildman–Crippen LogP) is 4.76. The predicted molar refractivity (Wildman–Crippen MR) is 164 cm³/mol.